The minimum absolute atomic E-state index is 0.342. The molecule has 3 heteroatoms. The van der Waals surface area contributed by atoms with E-state index in [4.69, 9.17) is 10.7 Å². The van der Waals surface area contributed by atoms with Crippen LogP contribution in [-0.4, -0.2) is 16.0 Å². The average molecular weight is 205 g/mol. The second-order valence-corrected chi connectivity index (χ2v) is 5.03. The van der Waals surface area contributed by atoms with E-state index in [1.54, 1.807) is 0 Å². The van der Waals surface area contributed by atoms with Gasteiger partial charge in [-0.15, -0.1) is 0 Å². The Morgan fingerprint density at radius 3 is 2.80 bits per heavy atom. The van der Waals surface area contributed by atoms with Gasteiger partial charge < -0.3 is 10.7 Å². The summed E-state index contributed by atoms with van der Waals surface area (Å²) in [7, 11) is 0. The summed E-state index contributed by atoms with van der Waals surface area (Å²) in [5, 5.41) is 0. The largest absolute Gasteiger partial charge is 0.345 e. The molecule has 0 unspecified atom stereocenters. The van der Waals surface area contributed by atoms with Gasteiger partial charge in [0.25, 0.3) is 0 Å². The molecule has 3 nitrogen and oxygen atoms in total. The van der Waals surface area contributed by atoms with Crippen LogP contribution in [0.5, 0.6) is 0 Å². The lowest BCUT2D eigenvalue weighted by atomic mass is 9.97. The first-order valence-electron chi connectivity index (χ1n) is 6.16. The van der Waals surface area contributed by atoms with Crippen molar-refractivity contribution in [3.8, 4) is 0 Å². The van der Waals surface area contributed by atoms with Crippen molar-refractivity contribution in [1.82, 2.24) is 9.97 Å². The zero-order valence-corrected chi connectivity index (χ0v) is 9.13. The highest BCUT2D eigenvalue weighted by Gasteiger charge is 2.24. The molecule has 2 aliphatic rings. The number of fused-ring (bicyclic) bond motifs is 1. The van der Waals surface area contributed by atoms with Gasteiger partial charge in [0.05, 0.1) is 5.69 Å². The Morgan fingerprint density at radius 1 is 1.20 bits per heavy atom. The van der Waals surface area contributed by atoms with Gasteiger partial charge in [-0.05, 0) is 25.7 Å². The number of H-pyrrole nitrogens is 1. The summed E-state index contributed by atoms with van der Waals surface area (Å²) in [6, 6.07) is 0.342. The summed E-state index contributed by atoms with van der Waals surface area (Å²) in [5.74, 6) is 1.94. The Bertz CT molecular complexity index is 350. The first-order valence-corrected chi connectivity index (χ1v) is 6.16. The van der Waals surface area contributed by atoms with Crippen molar-refractivity contribution in [3.63, 3.8) is 0 Å². The number of aryl methyl sites for hydroxylation is 1. The molecule has 0 amide bonds. The highest BCUT2D eigenvalue weighted by atomic mass is 15.0. The number of imidazole rings is 1. The van der Waals surface area contributed by atoms with Gasteiger partial charge in [0, 0.05) is 24.1 Å². The number of aromatic nitrogens is 2. The first-order chi connectivity index (χ1) is 7.33. The monoisotopic (exact) mass is 205 g/mol. The summed E-state index contributed by atoms with van der Waals surface area (Å²) in [6.07, 6.45) is 8.54. The standard InChI is InChI=1S/C12H19N3/c13-9-5-6-10-11(7-9)15-12(14-10)8-3-1-2-4-8/h8-9H,1-7,13H2,(H,14,15)/t9-/m0/s1. The van der Waals surface area contributed by atoms with Gasteiger partial charge in [-0.25, -0.2) is 4.98 Å². The molecule has 1 aromatic rings. The normalized spacial score (nSPS) is 26.9. The highest BCUT2D eigenvalue weighted by molar-refractivity contribution is 5.21. The van der Waals surface area contributed by atoms with Gasteiger partial charge in [0.2, 0.25) is 0 Å². The molecule has 1 atom stereocenters. The predicted octanol–water partition coefficient (Wildman–Crippen LogP) is 1.88. The predicted molar refractivity (Wildman–Crippen MR) is 59.8 cm³/mol. The van der Waals surface area contributed by atoms with Crippen LogP contribution in [0, 0.1) is 0 Å². The third-order valence-corrected chi connectivity index (χ3v) is 3.84. The second-order valence-electron chi connectivity index (χ2n) is 5.03. The molecular formula is C12H19N3. The van der Waals surface area contributed by atoms with Gasteiger partial charge in [-0.3, -0.25) is 0 Å². The summed E-state index contributed by atoms with van der Waals surface area (Å²) in [4.78, 5) is 8.27. The van der Waals surface area contributed by atoms with Crippen LogP contribution < -0.4 is 5.73 Å². The molecule has 1 fully saturated rings. The van der Waals surface area contributed by atoms with Crippen molar-refractivity contribution in [2.24, 2.45) is 5.73 Å². The SMILES string of the molecule is N[C@H]1CCc2nc(C3CCCC3)[nH]c2C1. The fourth-order valence-electron chi connectivity index (χ4n) is 2.92. The van der Waals surface area contributed by atoms with E-state index < -0.39 is 0 Å². The molecular weight excluding hydrogens is 186 g/mol. The number of nitrogens with two attached hydrogens (primary N) is 1. The molecule has 82 valence electrons. The van der Waals surface area contributed by atoms with Crippen LogP contribution in [0.3, 0.4) is 0 Å². The molecule has 2 aliphatic carbocycles. The van der Waals surface area contributed by atoms with Crippen LogP contribution in [-0.2, 0) is 12.8 Å². The van der Waals surface area contributed by atoms with E-state index in [1.165, 1.54) is 42.9 Å². The lowest BCUT2D eigenvalue weighted by molar-refractivity contribution is 0.565. The molecule has 0 bridgehead atoms. The maximum absolute atomic E-state index is 5.96. The van der Waals surface area contributed by atoms with E-state index >= 15 is 0 Å². The first kappa shape index (κ1) is 9.40. The summed E-state index contributed by atoms with van der Waals surface area (Å²) in [5.41, 5.74) is 8.57. The minimum Gasteiger partial charge on any atom is -0.345 e. The van der Waals surface area contributed by atoms with E-state index in [9.17, 15) is 0 Å². The topological polar surface area (TPSA) is 54.7 Å². The molecule has 0 saturated heterocycles. The third-order valence-electron chi connectivity index (χ3n) is 3.84. The Hall–Kier alpha value is -0.830. The number of hydrogen-bond donors (Lipinski definition) is 2. The van der Waals surface area contributed by atoms with Crippen LogP contribution >= 0.6 is 0 Å². The van der Waals surface area contributed by atoms with E-state index in [1.807, 2.05) is 0 Å². The van der Waals surface area contributed by atoms with Crippen LogP contribution in [0.1, 0.15) is 55.2 Å². The van der Waals surface area contributed by atoms with E-state index in [0.29, 0.717) is 12.0 Å². The van der Waals surface area contributed by atoms with Gasteiger partial charge in [-0.1, -0.05) is 12.8 Å². The second kappa shape index (κ2) is 3.63. The quantitative estimate of drug-likeness (QED) is 0.735. The van der Waals surface area contributed by atoms with Gasteiger partial charge in [0.1, 0.15) is 5.82 Å². The van der Waals surface area contributed by atoms with Crippen molar-refractivity contribution in [3.05, 3.63) is 17.2 Å². The van der Waals surface area contributed by atoms with Crippen LogP contribution in [0.4, 0.5) is 0 Å². The Morgan fingerprint density at radius 2 is 2.00 bits per heavy atom. The van der Waals surface area contributed by atoms with Gasteiger partial charge in [-0.2, -0.15) is 0 Å². The Balaban J connectivity index is 1.85. The number of nitrogens with one attached hydrogen (secondary N) is 1. The maximum Gasteiger partial charge on any atom is 0.109 e. The average Bonchev–Trinajstić information content (AvgIpc) is 2.84. The molecule has 15 heavy (non-hydrogen) atoms. The van der Waals surface area contributed by atoms with Crippen molar-refractivity contribution < 1.29 is 0 Å². The molecule has 0 aromatic carbocycles. The van der Waals surface area contributed by atoms with Crippen LogP contribution in [0.25, 0.3) is 0 Å². The zero-order chi connectivity index (χ0) is 10.3. The number of rotatable bonds is 1. The number of nitrogens with zero attached hydrogens (tertiary/aromatic N) is 1. The minimum atomic E-state index is 0.342. The van der Waals surface area contributed by atoms with E-state index in [-0.39, 0.29) is 0 Å². The Labute approximate surface area is 90.5 Å². The molecule has 1 aromatic heterocycles. The highest BCUT2D eigenvalue weighted by Crippen LogP contribution is 2.33. The molecule has 0 aliphatic heterocycles. The maximum atomic E-state index is 5.96. The molecule has 3 N–H and O–H groups in total. The van der Waals surface area contributed by atoms with E-state index in [0.717, 1.165) is 19.3 Å². The van der Waals surface area contributed by atoms with Crippen molar-refractivity contribution in [2.45, 2.75) is 56.9 Å². The van der Waals surface area contributed by atoms with Gasteiger partial charge in [0.15, 0.2) is 0 Å². The number of aromatic amines is 1. The van der Waals surface area contributed by atoms with Crippen molar-refractivity contribution in [1.29, 1.82) is 0 Å². The lowest BCUT2D eigenvalue weighted by Crippen LogP contribution is -2.27. The Kier molecular flexibility index (Phi) is 2.28. The van der Waals surface area contributed by atoms with Crippen molar-refractivity contribution >= 4 is 0 Å². The fraction of sp³-hybridized carbons (Fsp3) is 0.750. The van der Waals surface area contributed by atoms with Crippen LogP contribution in [0.15, 0.2) is 0 Å². The van der Waals surface area contributed by atoms with Gasteiger partial charge >= 0.3 is 0 Å². The third kappa shape index (κ3) is 1.69. The smallest absolute Gasteiger partial charge is 0.109 e. The number of hydrogen-bond acceptors (Lipinski definition) is 2. The fourth-order valence-corrected chi connectivity index (χ4v) is 2.92. The van der Waals surface area contributed by atoms with Crippen LogP contribution in [0.2, 0.25) is 0 Å². The molecule has 3 rings (SSSR count). The summed E-state index contributed by atoms with van der Waals surface area (Å²) in [6.45, 7) is 0. The molecule has 0 radical (unpaired) electrons. The van der Waals surface area contributed by atoms with Crippen molar-refractivity contribution in [2.75, 3.05) is 0 Å². The lowest BCUT2D eigenvalue weighted by Gasteiger charge is -2.16. The molecule has 0 spiro atoms. The zero-order valence-electron chi connectivity index (χ0n) is 9.13. The molecule has 1 saturated carbocycles. The molecule has 1 heterocycles. The summed E-state index contributed by atoms with van der Waals surface area (Å²) < 4.78 is 0. The van der Waals surface area contributed by atoms with E-state index in [2.05, 4.69) is 4.98 Å². The summed E-state index contributed by atoms with van der Waals surface area (Å²) >= 11 is 0.